The van der Waals surface area contributed by atoms with Crippen LogP contribution in [0.15, 0.2) is 29.3 Å². The average molecular weight is 240 g/mol. The number of benzene rings is 1. The topological polar surface area (TPSA) is 12.4 Å². The minimum absolute atomic E-state index is 0.158. The van der Waals surface area contributed by atoms with Gasteiger partial charge in [-0.1, -0.05) is 30.7 Å². The van der Waals surface area contributed by atoms with Crippen molar-refractivity contribution in [3.05, 3.63) is 34.9 Å². The van der Waals surface area contributed by atoms with Crippen molar-refractivity contribution in [2.24, 2.45) is 4.99 Å². The van der Waals surface area contributed by atoms with Gasteiger partial charge in [0.05, 0.1) is 0 Å². The Hall–Kier alpha value is -0.890. The first kappa shape index (κ1) is 11.6. The largest absolute Gasteiger partial charge is 0.290 e. The van der Waals surface area contributed by atoms with E-state index in [9.17, 15) is 4.39 Å². The van der Waals surface area contributed by atoms with Crippen LogP contribution in [-0.4, -0.2) is 17.9 Å². The van der Waals surface area contributed by atoms with Gasteiger partial charge in [0.15, 0.2) is 5.67 Å². The maximum Gasteiger partial charge on any atom is 0.156 e. The van der Waals surface area contributed by atoms with E-state index in [4.69, 9.17) is 11.6 Å². The van der Waals surface area contributed by atoms with Crippen LogP contribution in [0, 0.1) is 0 Å². The number of nitrogens with zero attached hydrogens (tertiary/aromatic N) is 1. The monoisotopic (exact) mass is 239 g/mol. The molecular weight excluding hydrogens is 225 g/mol. The quantitative estimate of drug-likeness (QED) is 0.739. The Bertz CT molecular complexity index is 412. The van der Waals surface area contributed by atoms with Crippen LogP contribution in [0.25, 0.3) is 0 Å². The van der Waals surface area contributed by atoms with Gasteiger partial charge in [-0.25, -0.2) is 4.39 Å². The SMILES string of the molecule is CCC1(F)C(C)=NCC1c1ccc(Cl)cc1. The van der Waals surface area contributed by atoms with Crippen LogP contribution in [0.5, 0.6) is 0 Å². The summed E-state index contributed by atoms with van der Waals surface area (Å²) in [5.74, 6) is -0.158. The van der Waals surface area contributed by atoms with Crippen molar-refractivity contribution < 1.29 is 4.39 Å². The molecule has 2 atom stereocenters. The van der Waals surface area contributed by atoms with Crippen molar-refractivity contribution in [2.45, 2.75) is 31.9 Å². The molecule has 1 aliphatic rings. The lowest BCUT2D eigenvalue weighted by Gasteiger charge is -2.26. The number of alkyl halides is 1. The fourth-order valence-electron chi connectivity index (χ4n) is 2.32. The highest BCUT2D eigenvalue weighted by Crippen LogP contribution is 2.40. The Labute approximate surface area is 100 Å². The van der Waals surface area contributed by atoms with Gasteiger partial charge in [0, 0.05) is 23.2 Å². The average Bonchev–Trinajstić information content (AvgIpc) is 2.58. The zero-order valence-electron chi connectivity index (χ0n) is 9.50. The minimum Gasteiger partial charge on any atom is -0.290 e. The molecule has 1 aliphatic heterocycles. The van der Waals surface area contributed by atoms with Crippen LogP contribution in [-0.2, 0) is 0 Å². The van der Waals surface area contributed by atoms with Crippen molar-refractivity contribution in [3.8, 4) is 0 Å². The zero-order chi connectivity index (χ0) is 11.8. The first-order valence-corrected chi connectivity index (χ1v) is 5.91. The Morgan fingerprint density at radius 2 is 2.06 bits per heavy atom. The molecule has 1 aromatic carbocycles. The first-order valence-electron chi connectivity index (χ1n) is 5.54. The summed E-state index contributed by atoms with van der Waals surface area (Å²) >= 11 is 5.83. The van der Waals surface area contributed by atoms with E-state index in [1.54, 1.807) is 19.1 Å². The van der Waals surface area contributed by atoms with E-state index in [1.165, 1.54) is 0 Å². The third kappa shape index (κ3) is 1.75. The molecule has 3 heteroatoms. The van der Waals surface area contributed by atoms with Crippen molar-refractivity contribution in [1.29, 1.82) is 0 Å². The summed E-state index contributed by atoms with van der Waals surface area (Å²) in [6, 6.07) is 7.40. The Morgan fingerprint density at radius 3 is 2.62 bits per heavy atom. The lowest BCUT2D eigenvalue weighted by molar-refractivity contribution is 0.218. The number of hydrogen-bond acceptors (Lipinski definition) is 1. The molecule has 0 bridgehead atoms. The molecule has 1 nitrogen and oxygen atoms in total. The third-order valence-electron chi connectivity index (χ3n) is 3.45. The molecule has 0 radical (unpaired) electrons. The molecule has 0 aliphatic carbocycles. The maximum atomic E-state index is 14.7. The van der Waals surface area contributed by atoms with Crippen LogP contribution >= 0.6 is 11.6 Å². The number of rotatable bonds is 2. The molecule has 0 amide bonds. The molecule has 0 saturated heterocycles. The molecule has 1 heterocycles. The highest BCUT2D eigenvalue weighted by Gasteiger charge is 2.44. The molecule has 0 N–H and O–H groups in total. The molecule has 16 heavy (non-hydrogen) atoms. The lowest BCUT2D eigenvalue weighted by Crippen LogP contribution is -2.34. The summed E-state index contributed by atoms with van der Waals surface area (Å²) in [5.41, 5.74) is 0.317. The molecular formula is C13H15ClFN. The molecule has 2 unspecified atom stereocenters. The van der Waals surface area contributed by atoms with Crippen molar-refractivity contribution in [2.75, 3.05) is 6.54 Å². The molecule has 86 valence electrons. The van der Waals surface area contributed by atoms with Crippen molar-refractivity contribution in [3.63, 3.8) is 0 Å². The standard InChI is InChI=1S/C13H15ClFN/c1-3-13(15)9(2)16-8-12(13)10-4-6-11(14)7-5-10/h4-7,12H,3,8H2,1-2H3. The Kier molecular flexibility index (Phi) is 3.02. The lowest BCUT2D eigenvalue weighted by atomic mass is 9.81. The van der Waals surface area contributed by atoms with Gasteiger partial charge in [0.1, 0.15) is 0 Å². The van der Waals surface area contributed by atoms with Crippen LogP contribution in [0.1, 0.15) is 31.7 Å². The van der Waals surface area contributed by atoms with E-state index in [0.717, 1.165) is 5.56 Å². The normalized spacial score (nSPS) is 29.2. The minimum atomic E-state index is -1.28. The first-order chi connectivity index (χ1) is 7.58. The van der Waals surface area contributed by atoms with Gasteiger partial charge in [-0.05, 0) is 31.0 Å². The van der Waals surface area contributed by atoms with Gasteiger partial charge >= 0.3 is 0 Å². The highest BCUT2D eigenvalue weighted by molar-refractivity contribution is 6.30. The predicted octanol–water partition coefficient (Wildman–Crippen LogP) is 4.02. The summed E-state index contributed by atoms with van der Waals surface area (Å²) < 4.78 is 14.7. The van der Waals surface area contributed by atoms with Crippen LogP contribution in [0.2, 0.25) is 5.02 Å². The molecule has 2 rings (SSSR count). The Balaban J connectivity index is 2.33. The molecule has 0 fully saturated rings. The fraction of sp³-hybridized carbons (Fsp3) is 0.462. The maximum absolute atomic E-state index is 14.7. The van der Waals surface area contributed by atoms with Crippen molar-refractivity contribution >= 4 is 17.3 Å². The van der Waals surface area contributed by atoms with E-state index >= 15 is 0 Å². The number of aliphatic imine (C=N–C) groups is 1. The highest BCUT2D eigenvalue weighted by atomic mass is 35.5. The van der Waals surface area contributed by atoms with Gasteiger partial charge in [-0.3, -0.25) is 4.99 Å². The second-order valence-electron chi connectivity index (χ2n) is 4.25. The third-order valence-corrected chi connectivity index (χ3v) is 3.70. The molecule has 0 saturated carbocycles. The summed E-state index contributed by atoms with van der Waals surface area (Å²) in [4.78, 5) is 4.25. The van der Waals surface area contributed by atoms with E-state index in [2.05, 4.69) is 4.99 Å². The summed E-state index contributed by atoms with van der Waals surface area (Å²) in [5, 5.41) is 0.681. The second kappa shape index (κ2) is 4.17. The van der Waals surface area contributed by atoms with E-state index < -0.39 is 5.67 Å². The number of hydrogen-bond donors (Lipinski definition) is 0. The summed E-state index contributed by atoms with van der Waals surface area (Å²) in [7, 11) is 0. The predicted molar refractivity (Wildman–Crippen MR) is 66.3 cm³/mol. The Morgan fingerprint density at radius 1 is 1.44 bits per heavy atom. The molecule has 1 aromatic rings. The fourth-order valence-corrected chi connectivity index (χ4v) is 2.45. The summed E-state index contributed by atoms with van der Waals surface area (Å²) in [6.45, 7) is 4.19. The molecule has 0 spiro atoms. The van der Waals surface area contributed by atoms with Gasteiger partial charge in [0.25, 0.3) is 0 Å². The van der Waals surface area contributed by atoms with Gasteiger partial charge < -0.3 is 0 Å². The van der Waals surface area contributed by atoms with Crippen LogP contribution in [0.3, 0.4) is 0 Å². The van der Waals surface area contributed by atoms with Crippen LogP contribution in [0.4, 0.5) is 4.39 Å². The van der Waals surface area contributed by atoms with E-state index in [-0.39, 0.29) is 5.92 Å². The van der Waals surface area contributed by atoms with Gasteiger partial charge in [-0.2, -0.15) is 0 Å². The summed E-state index contributed by atoms with van der Waals surface area (Å²) in [6.07, 6.45) is 0.468. The van der Waals surface area contributed by atoms with Gasteiger partial charge in [0.2, 0.25) is 0 Å². The molecule has 0 aromatic heterocycles. The van der Waals surface area contributed by atoms with Crippen molar-refractivity contribution in [1.82, 2.24) is 0 Å². The number of halogens is 2. The van der Waals surface area contributed by atoms with Gasteiger partial charge in [-0.15, -0.1) is 0 Å². The smallest absolute Gasteiger partial charge is 0.156 e. The van der Waals surface area contributed by atoms with E-state index in [1.807, 2.05) is 19.1 Å². The van der Waals surface area contributed by atoms with Crippen LogP contribution < -0.4 is 0 Å². The second-order valence-corrected chi connectivity index (χ2v) is 4.68. The zero-order valence-corrected chi connectivity index (χ0v) is 10.3. The van der Waals surface area contributed by atoms with E-state index in [0.29, 0.717) is 23.7 Å².